The molecule has 0 bridgehead atoms. The standard InChI is InChI=1S/C22H20N2O3/c25-21(20-11-3-7-16-6-1-2-10-19(16)20)17-8-4-12-23(14-17)22(26)18-9-5-13-24(27)15-18/h1-3,5-7,9-11,13,15,17H,4,8,12,14H2/t17-/m0/s1. The lowest BCUT2D eigenvalue weighted by Gasteiger charge is -2.32. The van der Waals surface area contributed by atoms with Crippen molar-refractivity contribution < 1.29 is 14.3 Å². The van der Waals surface area contributed by atoms with E-state index in [-0.39, 0.29) is 17.6 Å². The molecule has 1 amide bonds. The number of likely N-dealkylation sites (tertiary alicyclic amines) is 1. The van der Waals surface area contributed by atoms with Crippen molar-refractivity contribution in [1.82, 2.24) is 4.90 Å². The van der Waals surface area contributed by atoms with Crippen LogP contribution in [0.15, 0.2) is 67.0 Å². The Bertz CT molecular complexity index is 1010. The number of benzene rings is 2. The van der Waals surface area contributed by atoms with Crippen molar-refractivity contribution in [2.45, 2.75) is 12.8 Å². The molecule has 27 heavy (non-hydrogen) atoms. The van der Waals surface area contributed by atoms with Crippen molar-refractivity contribution in [1.29, 1.82) is 0 Å². The van der Waals surface area contributed by atoms with E-state index in [2.05, 4.69) is 0 Å². The Morgan fingerprint density at radius 1 is 1.04 bits per heavy atom. The molecule has 5 nitrogen and oxygen atoms in total. The first-order valence-corrected chi connectivity index (χ1v) is 9.13. The Hall–Kier alpha value is -3.21. The van der Waals surface area contributed by atoms with E-state index in [0.29, 0.717) is 28.9 Å². The molecule has 1 atom stereocenters. The second-order valence-electron chi connectivity index (χ2n) is 6.93. The van der Waals surface area contributed by atoms with Crippen LogP contribution in [0.4, 0.5) is 0 Å². The summed E-state index contributed by atoms with van der Waals surface area (Å²) < 4.78 is 0.621. The van der Waals surface area contributed by atoms with Gasteiger partial charge < -0.3 is 10.1 Å². The third-order valence-electron chi connectivity index (χ3n) is 5.16. The average molecular weight is 360 g/mol. The van der Waals surface area contributed by atoms with E-state index in [1.165, 1.54) is 12.4 Å². The average Bonchev–Trinajstić information content (AvgIpc) is 2.72. The minimum atomic E-state index is -0.225. The maximum atomic E-state index is 13.2. The first-order chi connectivity index (χ1) is 13.1. The molecule has 0 N–H and O–H groups in total. The van der Waals surface area contributed by atoms with Crippen molar-refractivity contribution >= 4 is 22.5 Å². The topological polar surface area (TPSA) is 64.3 Å². The van der Waals surface area contributed by atoms with Crippen LogP contribution in [0, 0.1) is 11.1 Å². The van der Waals surface area contributed by atoms with Gasteiger partial charge in [-0.05, 0) is 29.7 Å². The number of hydrogen-bond donors (Lipinski definition) is 0. The summed E-state index contributed by atoms with van der Waals surface area (Å²) in [6.07, 6.45) is 4.16. The molecule has 1 aliphatic rings. The molecular weight excluding hydrogens is 340 g/mol. The van der Waals surface area contributed by atoms with Gasteiger partial charge in [0, 0.05) is 30.6 Å². The molecule has 136 valence electrons. The van der Waals surface area contributed by atoms with Crippen LogP contribution in [0.5, 0.6) is 0 Å². The number of ketones is 1. The first-order valence-electron chi connectivity index (χ1n) is 9.13. The highest BCUT2D eigenvalue weighted by molar-refractivity contribution is 6.09. The van der Waals surface area contributed by atoms with E-state index in [4.69, 9.17) is 0 Å². The van der Waals surface area contributed by atoms with Gasteiger partial charge >= 0.3 is 0 Å². The fraction of sp³-hybridized carbons (Fsp3) is 0.227. The van der Waals surface area contributed by atoms with Crippen molar-refractivity contribution in [2.75, 3.05) is 13.1 Å². The Balaban J connectivity index is 1.57. The number of hydrogen-bond acceptors (Lipinski definition) is 3. The second-order valence-corrected chi connectivity index (χ2v) is 6.93. The zero-order chi connectivity index (χ0) is 18.8. The Morgan fingerprint density at radius 3 is 2.70 bits per heavy atom. The quantitative estimate of drug-likeness (QED) is 0.409. The lowest BCUT2D eigenvalue weighted by molar-refractivity contribution is -0.605. The third kappa shape index (κ3) is 3.40. The van der Waals surface area contributed by atoms with Crippen LogP contribution in [-0.4, -0.2) is 29.7 Å². The number of rotatable bonds is 3. The van der Waals surface area contributed by atoms with Gasteiger partial charge in [0.25, 0.3) is 5.91 Å². The van der Waals surface area contributed by atoms with Crippen molar-refractivity contribution in [3.63, 3.8) is 0 Å². The molecule has 5 heteroatoms. The molecule has 0 aliphatic carbocycles. The number of aromatic nitrogens is 1. The van der Waals surface area contributed by atoms with Gasteiger partial charge in [-0.2, -0.15) is 4.73 Å². The maximum Gasteiger partial charge on any atom is 0.259 e. The van der Waals surface area contributed by atoms with Gasteiger partial charge in [-0.3, -0.25) is 9.59 Å². The monoisotopic (exact) mass is 360 g/mol. The van der Waals surface area contributed by atoms with Crippen LogP contribution in [-0.2, 0) is 0 Å². The Morgan fingerprint density at radius 2 is 1.85 bits per heavy atom. The van der Waals surface area contributed by atoms with E-state index in [1.54, 1.807) is 17.0 Å². The van der Waals surface area contributed by atoms with Crippen LogP contribution in [0.2, 0.25) is 0 Å². The smallest absolute Gasteiger partial charge is 0.259 e. The molecule has 2 heterocycles. The number of Topliss-reactive ketones (excluding diaryl/α,β-unsaturated/α-hetero) is 1. The summed E-state index contributed by atoms with van der Waals surface area (Å²) in [6.45, 7) is 0.987. The number of piperidine rings is 1. The van der Waals surface area contributed by atoms with E-state index in [9.17, 15) is 14.8 Å². The second kappa shape index (κ2) is 7.19. The van der Waals surface area contributed by atoms with Gasteiger partial charge in [-0.15, -0.1) is 0 Å². The van der Waals surface area contributed by atoms with Gasteiger partial charge in [-0.1, -0.05) is 42.5 Å². The molecular formula is C22H20N2O3. The highest BCUT2D eigenvalue weighted by Crippen LogP contribution is 2.26. The summed E-state index contributed by atoms with van der Waals surface area (Å²) in [4.78, 5) is 27.6. The van der Waals surface area contributed by atoms with E-state index >= 15 is 0 Å². The zero-order valence-electron chi connectivity index (χ0n) is 14.9. The number of carbonyl (C=O) groups excluding carboxylic acids is 2. The van der Waals surface area contributed by atoms with Crippen LogP contribution in [0.3, 0.4) is 0 Å². The normalized spacial score (nSPS) is 17.0. The number of amides is 1. The lowest BCUT2D eigenvalue weighted by atomic mass is 9.87. The van der Waals surface area contributed by atoms with Crippen LogP contribution >= 0.6 is 0 Å². The van der Waals surface area contributed by atoms with E-state index in [1.807, 2.05) is 42.5 Å². The molecule has 2 aromatic carbocycles. The Labute approximate surface area is 157 Å². The number of pyridine rings is 1. The molecule has 1 aliphatic heterocycles. The van der Waals surface area contributed by atoms with Gasteiger partial charge in [0.2, 0.25) is 0 Å². The van der Waals surface area contributed by atoms with Crippen LogP contribution < -0.4 is 4.73 Å². The molecule has 0 radical (unpaired) electrons. The highest BCUT2D eigenvalue weighted by atomic mass is 16.5. The fourth-order valence-corrected chi connectivity index (χ4v) is 3.80. The maximum absolute atomic E-state index is 13.2. The van der Waals surface area contributed by atoms with E-state index < -0.39 is 0 Å². The third-order valence-corrected chi connectivity index (χ3v) is 5.16. The van der Waals surface area contributed by atoms with Gasteiger partial charge in [-0.25, -0.2) is 0 Å². The van der Waals surface area contributed by atoms with Crippen LogP contribution in [0.1, 0.15) is 33.6 Å². The van der Waals surface area contributed by atoms with Gasteiger partial charge in [0.1, 0.15) is 5.56 Å². The Kier molecular flexibility index (Phi) is 4.59. The fourth-order valence-electron chi connectivity index (χ4n) is 3.80. The summed E-state index contributed by atoms with van der Waals surface area (Å²) in [6, 6.07) is 16.8. The van der Waals surface area contributed by atoms with E-state index in [0.717, 1.165) is 23.6 Å². The number of nitrogens with zero attached hydrogens (tertiary/aromatic N) is 2. The molecule has 1 saturated heterocycles. The van der Waals surface area contributed by atoms with Crippen molar-refractivity contribution in [3.8, 4) is 0 Å². The van der Waals surface area contributed by atoms with Crippen molar-refractivity contribution in [3.05, 3.63) is 83.3 Å². The first kappa shape index (κ1) is 17.2. The lowest BCUT2D eigenvalue weighted by Crippen LogP contribution is -2.43. The summed E-state index contributed by atoms with van der Waals surface area (Å²) in [5.41, 5.74) is 1.07. The molecule has 3 aromatic rings. The number of carbonyl (C=O) groups is 2. The largest absolute Gasteiger partial charge is 0.619 e. The van der Waals surface area contributed by atoms with Gasteiger partial charge in [0.05, 0.1) is 0 Å². The molecule has 0 saturated carbocycles. The number of fused-ring (bicyclic) bond motifs is 1. The van der Waals surface area contributed by atoms with Crippen LogP contribution in [0.25, 0.3) is 10.8 Å². The zero-order valence-corrected chi connectivity index (χ0v) is 14.9. The minimum absolute atomic E-state index is 0.0799. The molecule has 1 fully saturated rings. The van der Waals surface area contributed by atoms with Gasteiger partial charge in [0.15, 0.2) is 18.2 Å². The predicted molar refractivity (Wildman–Crippen MR) is 102 cm³/mol. The summed E-state index contributed by atoms with van der Waals surface area (Å²) >= 11 is 0. The minimum Gasteiger partial charge on any atom is -0.619 e. The summed E-state index contributed by atoms with van der Waals surface area (Å²) in [5, 5.41) is 13.4. The molecule has 0 unspecified atom stereocenters. The molecule has 1 aromatic heterocycles. The molecule has 4 rings (SSSR count). The predicted octanol–water partition coefficient (Wildman–Crippen LogP) is 3.21. The highest BCUT2D eigenvalue weighted by Gasteiger charge is 2.30. The molecule has 0 spiro atoms. The summed E-state index contributed by atoms with van der Waals surface area (Å²) in [7, 11) is 0. The SMILES string of the molecule is O=C(c1cccc2ccccc12)[C@H]1CCCN(C(=O)c2ccc[n+]([O-])c2)C1. The summed E-state index contributed by atoms with van der Waals surface area (Å²) in [5.74, 6) is -0.344. The van der Waals surface area contributed by atoms with Crippen molar-refractivity contribution in [2.24, 2.45) is 5.92 Å².